The molecule has 0 saturated heterocycles. The highest BCUT2D eigenvalue weighted by atomic mass is 19.1. The lowest BCUT2D eigenvalue weighted by Crippen LogP contribution is -2.55. The lowest BCUT2D eigenvalue weighted by molar-refractivity contribution is -0.384. The summed E-state index contributed by atoms with van der Waals surface area (Å²) in [4.78, 5) is 60.0. The zero-order chi connectivity index (χ0) is 26.8. The molecule has 11 nitrogen and oxygen atoms in total. The summed E-state index contributed by atoms with van der Waals surface area (Å²) in [5.74, 6) is -4.56. The molecule has 192 valence electrons. The van der Waals surface area contributed by atoms with Crippen LogP contribution in [0.2, 0.25) is 0 Å². The van der Waals surface area contributed by atoms with Gasteiger partial charge in [-0.15, -0.1) is 0 Å². The van der Waals surface area contributed by atoms with E-state index < -0.39 is 52.4 Å². The van der Waals surface area contributed by atoms with Crippen LogP contribution in [0.5, 0.6) is 0 Å². The van der Waals surface area contributed by atoms with Crippen LogP contribution < -0.4 is 16.4 Å². The molecule has 36 heavy (non-hydrogen) atoms. The van der Waals surface area contributed by atoms with Gasteiger partial charge in [0.2, 0.25) is 17.7 Å². The van der Waals surface area contributed by atoms with E-state index in [1.807, 2.05) is 0 Å². The second-order valence-electron chi connectivity index (χ2n) is 7.94. The fraction of sp³-hybridized carbons (Fsp3) is 0.333. The lowest BCUT2D eigenvalue weighted by Gasteiger charge is -2.27. The average Bonchev–Trinajstić information content (AvgIpc) is 2.80. The topological polar surface area (TPSA) is 171 Å². The molecule has 2 aromatic carbocycles. The maximum atomic E-state index is 13.6. The molecule has 3 atom stereocenters. The van der Waals surface area contributed by atoms with Crippen molar-refractivity contribution in [1.82, 2.24) is 10.6 Å². The molecule has 4 N–H and O–H groups in total. The number of ether oxygens (including phenoxy) is 1. The first-order valence-corrected chi connectivity index (χ1v) is 11.0. The first-order valence-electron chi connectivity index (χ1n) is 11.0. The Morgan fingerprint density at radius 1 is 1.11 bits per heavy atom. The summed E-state index contributed by atoms with van der Waals surface area (Å²) in [5, 5.41) is 15.9. The zero-order valence-corrected chi connectivity index (χ0v) is 19.7. The third-order valence-corrected chi connectivity index (χ3v) is 5.25. The van der Waals surface area contributed by atoms with E-state index in [9.17, 15) is 33.7 Å². The molecule has 0 aromatic heterocycles. The summed E-state index contributed by atoms with van der Waals surface area (Å²) >= 11 is 0. The van der Waals surface area contributed by atoms with E-state index in [1.165, 1.54) is 49.4 Å². The number of primary amides is 1. The molecule has 0 saturated carbocycles. The minimum absolute atomic E-state index is 0.0671. The highest BCUT2D eigenvalue weighted by Gasteiger charge is 2.34. The maximum absolute atomic E-state index is 13.6. The van der Waals surface area contributed by atoms with Gasteiger partial charge in [-0.2, -0.15) is 0 Å². The molecular weight excluding hydrogens is 475 g/mol. The van der Waals surface area contributed by atoms with E-state index in [0.717, 1.165) is 0 Å². The number of carbonyl (C=O) groups excluding carboxylic acids is 4. The van der Waals surface area contributed by atoms with E-state index in [-0.39, 0.29) is 25.1 Å². The molecule has 0 fully saturated rings. The van der Waals surface area contributed by atoms with Crippen LogP contribution >= 0.6 is 0 Å². The van der Waals surface area contributed by atoms with Crippen molar-refractivity contribution < 1.29 is 33.2 Å². The van der Waals surface area contributed by atoms with Crippen LogP contribution in [0.3, 0.4) is 0 Å². The van der Waals surface area contributed by atoms with Crippen LogP contribution in [0.15, 0.2) is 48.5 Å². The van der Waals surface area contributed by atoms with Crippen molar-refractivity contribution in [2.24, 2.45) is 5.73 Å². The monoisotopic (exact) mass is 502 g/mol. The predicted molar refractivity (Wildman–Crippen MR) is 126 cm³/mol. The number of nitro groups is 1. The van der Waals surface area contributed by atoms with E-state index in [2.05, 4.69) is 10.6 Å². The minimum atomic E-state index is -1.44. The number of non-ortho nitro benzene ring substituents is 1. The van der Waals surface area contributed by atoms with Crippen LogP contribution in [0.25, 0.3) is 0 Å². The molecule has 2 aromatic rings. The molecule has 0 aliphatic carbocycles. The van der Waals surface area contributed by atoms with Gasteiger partial charge in [-0.05, 0) is 30.2 Å². The largest absolute Gasteiger partial charge is 0.466 e. The Bertz CT molecular complexity index is 1120. The Morgan fingerprint density at radius 3 is 2.31 bits per heavy atom. The van der Waals surface area contributed by atoms with E-state index in [4.69, 9.17) is 10.5 Å². The van der Waals surface area contributed by atoms with Crippen molar-refractivity contribution in [1.29, 1.82) is 0 Å². The van der Waals surface area contributed by atoms with Gasteiger partial charge in [0.25, 0.3) is 5.69 Å². The van der Waals surface area contributed by atoms with Gasteiger partial charge in [-0.25, -0.2) is 4.39 Å². The number of nitrogens with zero attached hydrogens (tertiary/aromatic N) is 1. The second-order valence-corrected chi connectivity index (χ2v) is 7.94. The summed E-state index contributed by atoms with van der Waals surface area (Å²) in [5.41, 5.74) is 6.09. The van der Waals surface area contributed by atoms with Crippen molar-refractivity contribution in [2.75, 3.05) is 6.61 Å². The standard InChI is InChI=1S/C24H27FN4O7/c1-3-36-21(31)13-19(16-7-9-18(10-8-16)29(34)35)22(23(26)32)28-24(33)20(27-14(2)30)12-15-5-4-6-17(25)11-15/h4-11,19-20,22H,3,12-13H2,1-2H3,(H2,26,32)(H,27,30)(H,28,33)/t19-,20-,22-/m1/s1. The first kappa shape index (κ1) is 27.9. The Balaban J connectivity index is 2.38. The first-order chi connectivity index (χ1) is 17.0. The van der Waals surface area contributed by atoms with E-state index in [1.54, 1.807) is 13.0 Å². The molecule has 12 heteroatoms. The van der Waals surface area contributed by atoms with Crippen molar-refractivity contribution in [3.63, 3.8) is 0 Å². The molecule has 3 amide bonds. The summed E-state index contributed by atoms with van der Waals surface area (Å²) < 4.78 is 18.6. The number of rotatable bonds is 12. The van der Waals surface area contributed by atoms with Crippen LogP contribution in [-0.4, -0.2) is 47.3 Å². The highest BCUT2D eigenvalue weighted by molar-refractivity contribution is 5.92. The Morgan fingerprint density at radius 2 is 1.78 bits per heavy atom. The SMILES string of the molecule is CCOC(=O)C[C@H](c1ccc([N+](=O)[O-])cc1)[C@@H](NC(=O)[C@@H](Cc1cccc(F)c1)NC(C)=O)C(N)=O. The van der Waals surface area contributed by atoms with Crippen molar-refractivity contribution in [2.45, 2.75) is 44.7 Å². The fourth-order valence-electron chi connectivity index (χ4n) is 3.65. The molecule has 0 heterocycles. The highest BCUT2D eigenvalue weighted by Crippen LogP contribution is 2.27. The van der Waals surface area contributed by atoms with Crippen LogP contribution in [-0.2, 0) is 30.3 Å². The smallest absolute Gasteiger partial charge is 0.306 e. The Labute approximate surface area is 206 Å². The number of amides is 3. The molecule has 0 bridgehead atoms. The van der Waals surface area contributed by atoms with Crippen LogP contribution in [0, 0.1) is 15.9 Å². The average molecular weight is 502 g/mol. The normalized spacial score (nSPS) is 13.1. The Hall–Kier alpha value is -4.35. The third-order valence-electron chi connectivity index (χ3n) is 5.25. The van der Waals surface area contributed by atoms with E-state index in [0.29, 0.717) is 11.1 Å². The lowest BCUT2D eigenvalue weighted by atomic mass is 9.87. The van der Waals surface area contributed by atoms with Gasteiger partial charge in [0, 0.05) is 31.4 Å². The number of benzene rings is 2. The number of hydrogen-bond acceptors (Lipinski definition) is 7. The van der Waals surface area contributed by atoms with Gasteiger partial charge in [0.05, 0.1) is 18.0 Å². The summed E-state index contributed by atoms with van der Waals surface area (Å²) in [6, 6.07) is 7.90. The maximum Gasteiger partial charge on any atom is 0.306 e. The second kappa shape index (κ2) is 12.9. The molecule has 2 rings (SSSR count). The number of esters is 1. The van der Waals surface area contributed by atoms with Crippen molar-refractivity contribution >= 4 is 29.4 Å². The predicted octanol–water partition coefficient (Wildman–Crippen LogP) is 1.49. The molecule has 0 radical (unpaired) electrons. The molecular formula is C24H27FN4O7. The molecule has 0 aliphatic heterocycles. The van der Waals surface area contributed by atoms with Crippen LogP contribution in [0.4, 0.5) is 10.1 Å². The minimum Gasteiger partial charge on any atom is -0.466 e. The molecule has 0 unspecified atom stereocenters. The van der Waals surface area contributed by atoms with Crippen molar-refractivity contribution in [3.8, 4) is 0 Å². The van der Waals surface area contributed by atoms with Gasteiger partial charge in [0.15, 0.2) is 0 Å². The molecule has 0 aliphatic rings. The zero-order valence-electron chi connectivity index (χ0n) is 19.7. The summed E-state index contributed by atoms with van der Waals surface area (Å²) in [6.07, 6.45) is -0.455. The number of halogens is 1. The summed E-state index contributed by atoms with van der Waals surface area (Å²) in [6.45, 7) is 2.85. The number of nitrogens with two attached hydrogens (primary N) is 1. The molecule has 0 spiro atoms. The van der Waals surface area contributed by atoms with Gasteiger partial charge in [-0.1, -0.05) is 24.3 Å². The number of nitrogens with one attached hydrogen (secondary N) is 2. The van der Waals surface area contributed by atoms with Crippen molar-refractivity contribution in [3.05, 3.63) is 75.6 Å². The fourth-order valence-corrected chi connectivity index (χ4v) is 3.65. The Kier molecular flexibility index (Phi) is 10.0. The van der Waals surface area contributed by atoms with Gasteiger partial charge >= 0.3 is 5.97 Å². The number of nitro benzene ring substituents is 1. The van der Waals surface area contributed by atoms with Gasteiger partial charge < -0.3 is 21.1 Å². The van der Waals surface area contributed by atoms with E-state index >= 15 is 0 Å². The summed E-state index contributed by atoms with van der Waals surface area (Å²) in [7, 11) is 0. The quantitative estimate of drug-likeness (QED) is 0.224. The van der Waals surface area contributed by atoms with Crippen LogP contribution in [0.1, 0.15) is 37.3 Å². The number of carbonyl (C=O) groups is 4. The number of hydrogen-bond donors (Lipinski definition) is 3. The van der Waals surface area contributed by atoms with Gasteiger partial charge in [-0.3, -0.25) is 29.3 Å². The van der Waals surface area contributed by atoms with Gasteiger partial charge in [0.1, 0.15) is 17.9 Å². The third kappa shape index (κ3) is 8.15.